The van der Waals surface area contributed by atoms with E-state index < -0.39 is 22.9 Å². The molecule has 0 fully saturated rings. The molecule has 1 aliphatic heterocycles. The number of thioether (sulfide) groups is 1. The van der Waals surface area contributed by atoms with Crippen molar-refractivity contribution in [1.29, 1.82) is 0 Å². The number of carboxylic acids is 1. The Bertz CT molecular complexity index is 859. The molecule has 4 nitrogen and oxygen atoms in total. The van der Waals surface area contributed by atoms with Crippen LogP contribution >= 0.6 is 11.8 Å². The molecule has 0 saturated heterocycles. The van der Waals surface area contributed by atoms with Crippen LogP contribution in [0.25, 0.3) is 0 Å². The van der Waals surface area contributed by atoms with Crippen LogP contribution in [0, 0.1) is 11.6 Å². The molecule has 1 heterocycles. The van der Waals surface area contributed by atoms with Crippen molar-refractivity contribution < 1.29 is 23.5 Å². The number of nitrogens with zero attached hydrogens (tertiary/aromatic N) is 1. The van der Waals surface area contributed by atoms with Crippen molar-refractivity contribution in [3.05, 3.63) is 70.8 Å². The molecule has 1 unspecified atom stereocenters. The highest BCUT2D eigenvalue weighted by atomic mass is 32.2. The third-order valence-electron chi connectivity index (χ3n) is 4.48. The van der Waals surface area contributed by atoms with Gasteiger partial charge in [0.05, 0.1) is 6.42 Å². The van der Waals surface area contributed by atoms with Crippen molar-refractivity contribution in [3.63, 3.8) is 0 Å². The van der Waals surface area contributed by atoms with Gasteiger partial charge in [0.1, 0.15) is 5.25 Å². The lowest BCUT2D eigenvalue weighted by Gasteiger charge is -2.30. The van der Waals surface area contributed by atoms with E-state index in [1.807, 2.05) is 24.3 Å². The minimum atomic E-state index is -1.02. The van der Waals surface area contributed by atoms with E-state index in [1.54, 1.807) is 0 Å². The largest absolute Gasteiger partial charge is 0.481 e. The normalized spacial score (nSPS) is 15.9. The Kier molecular flexibility index (Phi) is 6.11. The van der Waals surface area contributed by atoms with Crippen LogP contribution in [0.4, 0.5) is 8.78 Å². The van der Waals surface area contributed by atoms with Crippen molar-refractivity contribution in [2.24, 2.45) is 0 Å². The van der Waals surface area contributed by atoms with Gasteiger partial charge in [-0.1, -0.05) is 30.3 Å². The summed E-state index contributed by atoms with van der Waals surface area (Å²) in [5, 5.41) is 8.58. The van der Waals surface area contributed by atoms with E-state index in [9.17, 15) is 18.4 Å². The summed E-state index contributed by atoms with van der Waals surface area (Å²) in [6, 6.07) is 11.2. The summed E-state index contributed by atoms with van der Waals surface area (Å²) in [4.78, 5) is 25.6. The molecular weight excluding hydrogens is 372 g/mol. The molecule has 1 N–H and O–H groups in total. The Morgan fingerprint density at radius 1 is 1.15 bits per heavy atom. The topological polar surface area (TPSA) is 57.6 Å². The summed E-state index contributed by atoms with van der Waals surface area (Å²) < 4.78 is 26.7. The number of hydrogen-bond acceptors (Lipinski definition) is 3. The minimum Gasteiger partial charge on any atom is -0.481 e. The number of halogens is 2. The SMILES string of the molecule is O=C(O)CCN(Cc1ccc(F)c(F)c1)C(=O)C1SCCc2ccccc21. The molecule has 0 radical (unpaired) electrons. The maximum Gasteiger partial charge on any atom is 0.305 e. The number of carbonyl (C=O) groups excluding carboxylic acids is 1. The Morgan fingerprint density at radius 2 is 1.93 bits per heavy atom. The maximum atomic E-state index is 13.5. The van der Waals surface area contributed by atoms with Crippen LogP contribution < -0.4 is 0 Å². The average molecular weight is 391 g/mol. The average Bonchev–Trinajstić information content (AvgIpc) is 2.66. The lowest BCUT2D eigenvalue weighted by Crippen LogP contribution is -2.36. The van der Waals surface area contributed by atoms with E-state index in [1.165, 1.54) is 22.7 Å². The second kappa shape index (κ2) is 8.52. The first-order valence-corrected chi connectivity index (χ1v) is 9.64. The van der Waals surface area contributed by atoms with E-state index in [-0.39, 0.29) is 25.4 Å². The predicted molar refractivity (Wildman–Crippen MR) is 99.4 cm³/mol. The number of rotatable bonds is 6. The van der Waals surface area contributed by atoms with Gasteiger partial charge in [-0.15, -0.1) is 11.8 Å². The van der Waals surface area contributed by atoms with Gasteiger partial charge in [0.25, 0.3) is 0 Å². The fraction of sp³-hybridized carbons (Fsp3) is 0.300. The van der Waals surface area contributed by atoms with Crippen LogP contribution in [-0.2, 0) is 22.6 Å². The molecule has 1 atom stereocenters. The maximum absolute atomic E-state index is 13.5. The van der Waals surface area contributed by atoms with E-state index >= 15 is 0 Å². The molecular formula is C20H19F2NO3S. The van der Waals surface area contributed by atoms with Crippen LogP contribution in [0.15, 0.2) is 42.5 Å². The standard InChI is InChI=1S/C20H19F2NO3S/c21-16-6-5-13(11-17(16)22)12-23(9-7-18(24)25)20(26)19-15-4-2-1-3-14(15)8-10-27-19/h1-6,11,19H,7-10,12H2,(H,24,25). The molecule has 0 spiro atoms. The number of carbonyl (C=O) groups is 2. The first kappa shape index (κ1) is 19.4. The van der Waals surface area contributed by atoms with Gasteiger partial charge in [-0.05, 0) is 41.0 Å². The molecule has 0 saturated carbocycles. The van der Waals surface area contributed by atoms with Gasteiger partial charge in [-0.2, -0.15) is 0 Å². The smallest absolute Gasteiger partial charge is 0.305 e. The number of fused-ring (bicyclic) bond motifs is 1. The van der Waals surface area contributed by atoms with Crippen LogP contribution in [0.3, 0.4) is 0 Å². The zero-order chi connectivity index (χ0) is 19.4. The van der Waals surface area contributed by atoms with Gasteiger partial charge in [-0.3, -0.25) is 9.59 Å². The molecule has 0 aromatic heterocycles. The number of aryl methyl sites for hydroxylation is 1. The number of benzene rings is 2. The molecule has 1 amide bonds. The Balaban J connectivity index is 1.85. The second-order valence-electron chi connectivity index (χ2n) is 6.35. The molecule has 142 valence electrons. The van der Waals surface area contributed by atoms with Crippen molar-refractivity contribution in [1.82, 2.24) is 4.90 Å². The number of carboxylic acid groups (broad SMARTS) is 1. The van der Waals surface area contributed by atoms with Crippen LogP contribution in [0.1, 0.15) is 28.4 Å². The first-order valence-electron chi connectivity index (χ1n) is 8.59. The Hall–Kier alpha value is -2.41. The third kappa shape index (κ3) is 4.66. The fourth-order valence-electron chi connectivity index (χ4n) is 3.12. The Labute approximate surface area is 160 Å². The van der Waals surface area contributed by atoms with E-state index in [2.05, 4.69) is 0 Å². The van der Waals surface area contributed by atoms with Gasteiger partial charge in [-0.25, -0.2) is 8.78 Å². The van der Waals surface area contributed by atoms with Crippen molar-refractivity contribution in [3.8, 4) is 0 Å². The predicted octanol–water partition coefficient (Wildman–Crippen LogP) is 3.80. The first-order chi connectivity index (χ1) is 13.0. The van der Waals surface area contributed by atoms with E-state index in [0.717, 1.165) is 35.4 Å². The van der Waals surface area contributed by atoms with Crippen LogP contribution in [0.2, 0.25) is 0 Å². The summed E-state index contributed by atoms with van der Waals surface area (Å²) in [7, 11) is 0. The summed E-state index contributed by atoms with van der Waals surface area (Å²) in [6.07, 6.45) is 0.664. The molecule has 2 aromatic rings. The summed E-state index contributed by atoms with van der Waals surface area (Å²) in [5.41, 5.74) is 2.46. The Morgan fingerprint density at radius 3 is 2.67 bits per heavy atom. The second-order valence-corrected chi connectivity index (χ2v) is 7.56. The highest BCUT2D eigenvalue weighted by Gasteiger charge is 2.30. The van der Waals surface area contributed by atoms with Crippen molar-refractivity contribution in [2.75, 3.05) is 12.3 Å². The molecule has 7 heteroatoms. The highest BCUT2D eigenvalue weighted by Crippen LogP contribution is 2.38. The van der Waals surface area contributed by atoms with E-state index in [0.29, 0.717) is 5.56 Å². The summed E-state index contributed by atoms with van der Waals surface area (Å²) in [5.74, 6) is -2.38. The van der Waals surface area contributed by atoms with Gasteiger partial charge >= 0.3 is 5.97 Å². The monoisotopic (exact) mass is 391 g/mol. The zero-order valence-electron chi connectivity index (χ0n) is 14.5. The lowest BCUT2D eigenvalue weighted by atomic mass is 10.0. The van der Waals surface area contributed by atoms with Gasteiger partial charge in [0.15, 0.2) is 11.6 Å². The summed E-state index contributed by atoms with van der Waals surface area (Å²) >= 11 is 1.52. The number of hydrogen-bond donors (Lipinski definition) is 1. The van der Waals surface area contributed by atoms with Crippen LogP contribution in [-0.4, -0.2) is 34.2 Å². The van der Waals surface area contributed by atoms with Crippen LogP contribution in [0.5, 0.6) is 0 Å². The highest BCUT2D eigenvalue weighted by molar-refractivity contribution is 8.00. The number of aliphatic carboxylic acids is 1. The quantitative estimate of drug-likeness (QED) is 0.814. The summed E-state index contributed by atoms with van der Waals surface area (Å²) in [6.45, 7) is 0.0366. The third-order valence-corrected chi connectivity index (χ3v) is 5.71. The number of amides is 1. The van der Waals surface area contributed by atoms with Crippen molar-refractivity contribution in [2.45, 2.75) is 24.6 Å². The fourth-order valence-corrected chi connectivity index (χ4v) is 4.40. The molecule has 2 aromatic carbocycles. The van der Waals surface area contributed by atoms with Gasteiger partial charge < -0.3 is 10.0 Å². The van der Waals surface area contributed by atoms with E-state index in [4.69, 9.17) is 5.11 Å². The zero-order valence-corrected chi connectivity index (χ0v) is 15.3. The molecule has 3 rings (SSSR count). The lowest BCUT2D eigenvalue weighted by molar-refractivity contribution is -0.138. The molecule has 0 bridgehead atoms. The molecule has 27 heavy (non-hydrogen) atoms. The van der Waals surface area contributed by atoms with Crippen molar-refractivity contribution >= 4 is 23.6 Å². The molecule has 1 aliphatic rings. The molecule has 0 aliphatic carbocycles. The van der Waals surface area contributed by atoms with Gasteiger partial charge in [0, 0.05) is 13.1 Å². The minimum absolute atomic E-state index is 0.00634. The van der Waals surface area contributed by atoms with Gasteiger partial charge in [0.2, 0.25) is 5.91 Å².